The van der Waals surface area contributed by atoms with Crippen LogP contribution < -0.4 is 4.90 Å². The molecule has 0 spiro atoms. The summed E-state index contributed by atoms with van der Waals surface area (Å²) >= 11 is 6.28. The first-order chi connectivity index (χ1) is 13.3. The quantitative estimate of drug-likeness (QED) is 0.434. The Morgan fingerprint density at radius 1 is 0.963 bits per heavy atom. The van der Waals surface area contributed by atoms with Gasteiger partial charge in [-0.25, -0.2) is 0 Å². The highest BCUT2D eigenvalue weighted by atomic mass is 35.5. The standard InChI is InChI=1S/C24H21ClN2/c25-19-11-13-23-18(14-19)10-12-24(27(23)16-17-6-2-1-3-7-17)21-15-26-22-9-5-4-8-20(21)22/h1-9,11,13-15,24,26H,10,12,16H2. The van der Waals surface area contributed by atoms with E-state index in [2.05, 4.69) is 82.8 Å². The summed E-state index contributed by atoms with van der Waals surface area (Å²) in [6.07, 6.45) is 4.32. The van der Waals surface area contributed by atoms with Crippen molar-refractivity contribution in [3.8, 4) is 0 Å². The van der Waals surface area contributed by atoms with Crippen LogP contribution >= 0.6 is 11.6 Å². The molecule has 3 aromatic carbocycles. The van der Waals surface area contributed by atoms with Crippen molar-refractivity contribution in [3.63, 3.8) is 0 Å². The second-order valence-electron chi connectivity index (χ2n) is 7.23. The number of benzene rings is 3. The molecule has 1 aliphatic heterocycles. The molecule has 2 heterocycles. The van der Waals surface area contributed by atoms with Crippen LogP contribution in [0.25, 0.3) is 10.9 Å². The molecule has 5 rings (SSSR count). The van der Waals surface area contributed by atoms with Gasteiger partial charge in [0.2, 0.25) is 0 Å². The van der Waals surface area contributed by atoms with Gasteiger partial charge in [-0.2, -0.15) is 0 Å². The third kappa shape index (κ3) is 3.00. The number of rotatable bonds is 3. The lowest BCUT2D eigenvalue weighted by atomic mass is 9.90. The molecule has 0 saturated heterocycles. The number of fused-ring (bicyclic) bond motifs is 2. The fraction of sp³-hybridized carbons (Fsp3) is 0.167. The molecule has 0 amide bonds. The zero-order chi connectivity index (χ0) is 18.2. The molecule has 0 saturated carbocycles. The Balaban J connectivity index is 1.62. The fourth-order valence-corrected chi connectivity index (χ4v) is 4.51. The predicted octanol–water partition coefficient (Wildman–Crippen LogP) is 6.52. The molecule has 0 bridgehead atoms. The van der Waals surface area contributed by atoms with Crippen molar-refractivity contribution in [2.24, 2.45) is 0 Å². The Labute approximate surface area is 164 Å². The molecule has 0 aliphatic carbocycles. The second-order valence-corrected chi connectivity index (χ2v) is 7.67. The number of anilines is 1. The molecule has 1 aliphatic rings. The summed E-state index contributed by atoms with van der Waals surface area (Å²) in [5, 5.41) is 2.14. The van der Waals surface area contributed by atoms with E-state index in [0.717, 1.165) is 24.4 Å². The molecule has 0 fully saturated rings. The lowest BCUT2D eigenvalue weighted by Gasteiger charge is -2.39. The van der Waals surface area contributed by atoms with E-state index in [-0.39, 0.29) is 0 Å². The maximum absolute atomic E-state index is 6.28. The second kappa shape index (κ2) is 6.79. The largest absolute Gasteiger partial charge is 0.361 e. The maximum atomic E-state index is 6.28. The molecule has 2 nitrogen and oxygen atoms in total. The van der Waals surface area contributed by atoms with Crippen molar-refractivity contribution in [3.05, 3.63) is 101 Å². The number of nitrogens with one attached hydrogen (secondary N) is 1. The van der Waals surface area contributed by atoms with Crippen molar-refractivity contribution in [1.29, 1.82) is 0 Å². The van der Waals surface area contributed by atoms with Crippen LogP contribution in [-0.4, -0.2) is 4.98 Å². The molecule has 1 N–H and O–H groups in total. The van der Waals surface area contributed by atoms with Crippen LogP contribution in [0.5, 0.6) is 0 Å². The molecule has 1 atom stereocenters. The van der Waals surface area contributed by atoms with E-state index in [1.807, 2.05) is 6.07 Å². The summed E-state index contributed by atoms with van der Waals surface area (Å²) in [5.74, 6) is 0. The summed E-state index contributed by atoms with van der Waals surface area (Å²) < 4.78 is 0. The number of H-pyrrole nitrogens is 1. The number of hydrogen-bond donors (Lipinski definition) is 1. The van der Waals surface area contributed by atoms with Crippen molar-refractivity contribution >= 4 is 28.2 Å². The SMILES string of the molecule is Clc1ccc2c(c1)CCC(c1c[nH]c3ccccc13)N2Cc1ccccc1. The molecular formula is C24H21ClN2. The molecule has 134 valence electrons. The Bertz CT molecular complexity index is 1080. The molecule has 3 heteroatoms. The minimum absolute atomic E-state index is 0.343. The summed E-state index contributed by atoms with van der Waals surface area (Å²) in [5.41, 5.74) is 6.54. The highest BCUT2D eigenvalue weighted by Crippen LogP contribution is 2.42. The maximum Gasteiger partial charge on any atom is 0.0570 e. The van der Waals surface area contributed by atoms with E-state index in [9.17, 15) is 0 Å². The number of hydrogen-bond acceptors (Lipinski definition) is 1. The van der Waals surface area contributed by atoms with Gasteiger partial charge in [-0.1, -0.05) is 60.1 Å². The van der Waals surface area contributed by atoms with Crippen LogP contribution in [0.2, 0.25) is 5.02 Å². The molecule has 0 radical (unpaired) electrons. The third-order valence-electron chi connectivity index (χ3n) is 5.59. The first kappa shape index (κ1) is 16.5. The van der Waals surface area contributed by atoms with Gasteiger partial charge in [0.25, 0.3) is 0 Å². The van der Waals surface area contributed by atoms with E-state index >= 15 is 0 Å². The van der Waals surface area contributed by atoms with Gasteiger partial charge in [-0.3, -0.25) is 0 Å². The number of nitrogens with zero attached hydrogens (tertiary/aromatic N) is 1. The van der Waals surface area contributed by atoms with Crippen molar-refractivity contribution in [1.82, 2.24) is 4.98 Å². The summed E-state index contributed by atoms with van der Waals surface area (Å²) in [6.45, 7) is 0.889. The highest BCUT2D eigenvalue weighted by Gasteiger charge is 2.29. The van der Waals surface area contributed by atoms with Gasteiger partial charge in [0, 0.05) is 34.4 Å². The monoisotopic (exact) mass is 372 g/mol. The van der Waals surface area contributed by atoms with Gasteiger partial charge >= 0.3 is 0 Å². The molecule has 27 heavy (non-hydrogen) atoms. The van der Waals surface area contributed by atoms with Crippen LogP contribution in [0.4, 0.5) is 5.69 Å². The van der Waals surface area contributed by atoms with Gasteiger partial charge in [-0.05, 0) is 53.8 Å². The zero-order valence-corrected chi connectivity index (χ0v) is 15.8. The number of para-hydroxylation sites is 1. The minimum atomic E-state index is 0.343. The Kier molecular flexibility index (Phi) is 4.14. The van der Waals surface area contributed by atoms with Crippen LogP contribution in [0.15, 0.2) is 79.0 Å². The van der Waals surface area contributed by atoms with Crippen LogP contribution in [-0.2, 0) is 13.0 Å². The summed E-state index contributed by atoms with van der Waals surface area (Å²) in [7, 11) is 0. The Hall–Kier alpha value is -2.71. The van der Waals surface area contributed by atoms with E-state index in [1.165, 1.54) is 33.3 Å². The van der Waals surface area contributed by atoms with Crippen LogP contribution in [0.1, 0.15) is 29.2 Å². The fourth-order valence-electron chi connectivity index (χ4n) is 4.32. The topological polar surface area (TPSA) is 19.0 Å². The van der Waals surface area contributed by atoms with Crippen LogP contribution in [0, 0.1) is 0 Å². The summed E-state index contributed by atoms with van der Waals surface area (Å²) in [6, 6.07) is 26.0. The Morgan fingerprint density at radius 3 is 2.67 bits per heavy atom. The highest BCUT2D eigenvalue weighted by molar-refractivity contribution is 6.30. The van der Waals surface area contributed by atoms with Gasteiger partial charge in [0.1, 0.15) is 0 Å². The van der Waals surface area contributed by atoms with Crippen molar-refractivity contribution in [2.45, 2.75) is 25.4 Å². The molecule has 4 aromatic rings. The van der Waals surface area contributed by atoms with Crippen molar-refractivity contribution < 1.29 is 0 Å². The first-order valence-corrected chi connectivity index (χ1v) is 9.82. The van der Waals surface area contributed by atoms with E-state index in [4.69, 9.17) is 11.6 Å². The van der Waals surface area contributed by atoms with E-state index < -0.39 is 0 Å². The smallest absolute Gasteiger partial charge is 0.0570 e. The number of aryl methyl sites for hydroxylation is 1. The minimum Gasteiger partial charge on any atom is -0.361 e. The van der Waals surface area contributed by atoms with E-state index in [1.54, 1.807) is 0 Å². The van der Waals surface area contributed by atoms with Crippen molar-refractivity contribution in [2.75, 3.05) is 4.90 Å². The Morgan fingerprint density at radius 2 is 1.78 bits per heavy atom. The molecule has 1 unspecified atom stereocenters. The van der Waals surface area contributed by atoms with Gasteiger partial charge in [0.15, 0.2) is 0 Å². The molecule has 1 aromatic heterocycles. The predicted molar refractivity (Wildman–Crippen MR) is 113 cm³/mol. The average molecular weight is 373 g/mol. The summed E-state index contributed by atoms with van der Waals surface area (Å²) in [4.78, 5) is 6.00. The van der Waals surface area contributed by atoms with E-state index in [0.29, 0.717) is 6.04 Å². The average Bonchev–Trinajstić information content (AvgIpc) is 3.13. The third-order valence-corrected chi connectivity index (χ3v) is 5.83. The molecular weight excluding hydrogens is 352 g/mol. The number of halogens is 1. The number of aromatic nitrogens is 1. The zero-order valence-electron chi connectivity index (χ0n) is 15.0. The van der Waals surface area contributed by atoms with Gasteiger partial charge < -0.3 is 9.88 Å². The first-order valence-electron chi connectivity index (χ1n) is 9.44. The van der Waals surface area contributed by atoms with Gasteiger partial charge in [-0.15, -0.1) is 0 Å². The number of aromatic amines is 1. The van der Waals surface area contributed by atoms with Gasteiger partial charge in [0.05, 0.1) is 6.04 Å². The lowest BCUT2D eigenvalue weighted by Crippen LogP contribution is -2.32. The lowest BCUT2D eigenvalue weighted by molar-refractivity contribution is 0.549. The van der Waals surface area contributed by atoms with Crippen LogP contribution in [0.3, 0.4) is 0 Å². The normalized spacial score (nSPS) is 16.5.